The first kappa shape index (κ1) is 24.1. The fraction of sp³-hybridized carbons (Fsp3) is 0.357. The van der Waals surface area contributed by atoms with Crippen molar-refractivity contribution in [3.63, 3.8) is 0 Å². The fourth-order valence-corrected chi connectivity index (χ4v) is 4.38. The van der Waals surface area contributed by atoms with E-state index in [1.807, 2.05) is 55.5 Å². The second kappa shape index (κ2) is 11.4. The number of rotatable bonds is 10. The third-order valence-electron chi connectivity index (χ3n) is 6.45. The molecule has 3 N–H and O–H groups in total. The van der Waals surface area contributed by atoms with Crippen molar-refractivity contribution >= 4 is 17.2 Å². The molecule has 0 spiro atoms. The smallest absolute Gasteiger partial charge is 0.222 e. The molecular formula is C28H33N5O3. The third kappa shape index (κ3) is 5.95. The molecular weight excluding hydrogens is 454 g/mol. The summed E-state index contributed by atoms with van der Waals surface area (Å²) in [7, 11) is 0. The van der Waals surface area contributed by atoms with E-state index in [9.17, 15) is 0 Å². The predicted molar refractivity (Wildman–Crippen MR) is 140 cm³/mol. The van der Waals surface area contributed by atoms with E-state index in [1.54, 1.807) is 10.7 Å². The van der Waals surface area contributed by atoms with Gasteiger partial charge in [-0.15, -0.1) is 0 Å². The van der Waals surface area contributed by atoms with E-state index in [4.69, 9.17) is 24.9 Å². The number of hydrogen-bond donors (Lipinski definition) is 2. The Morgan fingerprint density at radius 2 is 1.75 bits per heavy atom. The van der Waals surface area contributed by atoms with Gasteiger partial charge in [-0.3, -0.25) is 0 Å². The average molecular weight is 488 g/mol. The number of anilines is 2. The lowest BCUT2D eigenvalue weighted by molar-refractivity contribution is 0.0889. The molecule has 8 nitrogen and oxygen atoms in total. The molecule has 2 aromatic heterocycles. The van der Waals surface area contributed by atoms with Gasteiger partial charge < -0.3 is 25.3 Å². The number of nitrogens with two attached hydrogens (primary N) is 1. The molecule has 0 amide bonds. The van der Waals surface area contributed by atoms with Crippen LogP contribution >= 0.6 is 0 Å². The van der Waals surface area contributed by atoms with Gasteiger partial charge in [-0.2, -0.15) is 14.6 Å². The largest absolute Gasteiger partial charge is 0.491 e. The Kier molecular flexibility index (Phi) is 7.64. The highest BCUT2D eigenvalue weighted by Gasteiger charge is 2.22. The second-order valence-electron chi connectivity index (χ2n) is 9.18. The van der Waals surface area contributed by atoms with Crippen LogP contribution in [0.2, 0.25) is 0 Å². The highest BCUT2D eigenvalue weighted by atomic mass is 16.5. The molecule has 1 aliphatic rings. The van der Waals surface area contributed by atoms with Crippen LogP contribution in [0.3, 0.4) is 0 Å². The summed E-state index contributed by atoms with van der Waals surface area (Å²) in [6, 6.07) is 20.1. The molecule has 0 radical (unpaired) electrons. The van der Waals surface area contributed by atoms with Gasteiger partial charge in [-0.25, -0.2) is 0 Å². The van der Waals surface area contributed by atoms with Crippen LogP contribution in [0.4, 0.5) is 11.5 Å². The zero-order chi connectivity index (χ0) is 24.7. The molecule has 8 heteroatoms. The molecule has 0 unspecified atom stereocenters. The second-order valence-corrected chi connectivity index (χ2v) is 9.18. The van der Waals surface area contributed by atoms with E-state index >= 15 is 0 Å². The van der Waals surface area contributed by atoms with Gasteiger partial charge in [0.25, 0.3) is 0 Å². The van der Waals surface area contributed by atoms with Crippen molar-refractivity contribution < 1.29 is 14.2 Å². The minimum atomic E-state index is 0.141. The van der Waals surface area contributed by atoms with Crippen LogP contribution in [-0.2, 0) is 11.3 Å². The SMILES string of the molecule is Cc1c(O[C@H]2CC[C@H](N)CC2)nc2ccnn2c1Nc1ccc(OCCOCc2ccccc2)cc1. The zero-order valence-corrected chi connectivity index (χ0v) is 20.6. The number of aromatic nitrogens is 3. The molecule has 188 valence electrons. The Labute approximate surface area is 211 Å². The van der Waals surface area contributed by atoms with Crippen molar-refractivity contribution in [3.05, 3.63) is 78.0 Å². The molecule has 2 aromatic carbocycles. The standard InChI is InChI=1S/C28H33N5O3/c1-20-27(33-26(15-16-30-33)32-28(20)36-25-11-7-22(29)8-12-25)31-23-9-13-24(14-10-23)35-18-17-34-19-21-5-3-2-4-6-21/h2-6,9-10,13-16,22,25,31H,7-8,11-12,17-19,29H2,1H3/t22-,25-. The first-order valence-corrected chi connectivity index (χ1v) is 12.5. The molecule has 0 aliphatic heterocycles. The Morgan fingerprint density at radius 1 is 0.972 bits per heavy atom. The van der Waals surface area contributed by atoms with E-state index in [0.717, 1.165) is 59.7 Å². The fourth-order valence-electron chi connectivity index (χ4n) is 4.38. The third-order valence-corrected chi connectivity index (χ3v) is 6.45. The number of benzene rings is 2. The normalized spacial score (nSPS) is 17.7. The zero-order valence-electron chi connectivity index (χ0n) is 20.6. The lowest BCUT2D eigenvalue weighted by atomic mass is 9.94. The van der Waals surface area contributed by atoms with Gasteiger partial charge in [0, 0.05) is 17.8 Å². The quantitative estimate of drug-likeness (QED) is 0.303. The van der Waals surface area contributed by atoms with E-state index in [1.165, 1.54) is 0 Å². The van der Waals surface area contributed by atoms with E-state index < -0.39 is 0 Å². The first-order chi connectivity index (χ1) is 17.7. The molecule has 1 saturated carbocycles. The molecule has 1 fully saturated rings. The van der Waals surface area contributed by atoms with Crippen LogP contribution in [0.15, 0.2) is 66.9 Å². The maximum atomic E-state index is 6.32. The van der Waals surface area contributed by atoms with Gasteiger partial charge >= 0.3 is 0 Å². The van der Waals surface area contributed by atoms with Gasteiger partial charge in [-0.05, 0) is 62.4 Å². The minimum Gasteiger partial charge on any atom is -0.491 e. The molecule has 0 saturated heterocycles. The van der Waals surface area contributed by atoms with Gasteiger partial charge in [0.15, 0.2) is 5.65 Å². The number of hydrogen-bond acceptors (Lipinski definition) is 7. The van der Waals surface area contributed by atoms with Crippen molar-refractivity contribution in [2.24, 2.45) is 5.73 Å². The summed E-state index contributed by atoms with van der Waals surface area (Å²) in [5, 5.41) is 7.94. The van der Waals surface area contributed by atoms with Crippen LogP contribution in [0.25, 0.3) is 5.65 Å². The topological polar surface area (TPSA) is 95.9 Å². The number of ether oxygens (including phenoxy) is 3. The van der Waals surface area contributed by atoms with Crippen molar-refractivity contribution in [2.45, 2.75) is 51.4 Å². The molecule has 36 heavy (non-hydrogen) atoms. The lowest BCUT2D eigenvalue weighted by Gasteiger charge is -2.27. The predicted octanol–water partition coefficient (Wildman–Crippen LogP) is 5.03. The molecule has 1 aliphatic carbocycles. The van der Waals surface area contributed by atoms with Gasteiger partial charge in [0.1, 0.15) is 24.3 Å². The molecule has 2 heterocycles. The summed E-state index contributed by atoms with van der Waals surface area (Å²) in [4.78, 5) is 4.71. The van der Waals surface area contributed by atoms with Gasteiger partial charge in [0.2, 0.25) is 5.88 Å². The van der Waals surface area contributed by atoms with E-state index in [2.05, 4.69) is 22.5 Å². The van der Waals surface area contributed by atoms with Crippen LogP contribution in [0.1, 0.15) is 36.8 Å². The molecule has 0 bridgehead atoms. The van der Waals surface area contributed by atoms with Crippen LogP contribution in [0.5, 0.6) is 11.6 Å². The molecule has 4 aromatic rings. The van der Waals surface area contributed by atoms with Gasteiger partial charge in [0.05, 0.1) is 25.0 Å². The van der Waals surface area contributed by atoms with Crippen LogP contribution in [-0.4, -0.2) is 40.0 Å². The van der Waals surface area contributed by atoms with E-state index in [-0.39, 0.29) is 12.1 Å². The summed E-state index contributed by atoms with van der Waals surface area (Å²) in [5.74, 6) is 2.26. The highest BCUT2D eigenvalue weighted by molar-refractivity contribution is 5.65. The van der Waals surface area contributed by atoms with Crippen molar-refractivity contribution in [2.75, 3.05) is 18.5 Å². The van der Waals surface area contributed by atoms with Crippen molar-refractivity contribution in [1.29, 1.82) is 0 Å². The van der Waals surface area contributed by atoms with Crippen molar-refractivity contribution in [3.8, 4) is 11.6 Å². The minimum absolute atomic E-state index is 0.141. The Hall–Kier alpha value is -3.62. The Bertz CT molecular complexity index is 1250. The number of fused-ring (bicyclic) bond motifs is 1. The van der Waals surface area contributed by atoms with E-state index in [0.29, 0.717) is 25.7 Å². The monoisotopic (exact) mass is 487 g/mol. The highest BCUT2D eigenvalue weighted by Crippen LogP contribution is 2.31. The summed E-state index contributed by atoms with van der Waals surface area (Å²) in [5.41, 5.74) is 9.78. The summed E-state index contributed by atoms with van der Waals surface area (Å²) < 4.78 is 19.6. The van der Waals surface area contributed by atoms with Crippen LogP contribution < -0.4 is 20.5 Å². The maximum Gasteiger partial charge on any atom is 0.222 e. The van der Waals surface area contributed by atoms with Crippen molar-refractivity contribution in [1.82, 2.24) is 14.6 Å². The Morgan fingerprint density at radius 3 is 2.53 bits per heavy atom. The maximum absolute atomic E-state index is 6.32. The Balaban J connectivity index is 1.20. The lowest BCUT2D eigenvalue weighted by Crippen LogP contribution is -2.32. The summed E-state index contributed by atoms with van der Waals surface area (Å²) in [6.45, 7) is 3.61. The molecule has 0 atom stereocenters. The number of nitrogens with one attached hydrogen (secondary N) is 1. The van der Waals surface area contributed by atoms with Gasteiger partial charge in [-0.1, -0.05) is 30.3 Å². The summed E-state index contributed by atoms with van der Waals surface area (Å²) >= 11 is 0. The first-order valence-electron chi connectivity index (χ1n) is 12.5. The van der Waals surface area contributed by atoms with Crippen LogP contribution in [0, 0.1) is 6.92 Å². The molecule has 5 rings (SSSR count). The summed E-state index contributed by atoms with van der Waals surface area (Å²) in [6.07, 6.45) is 5.76. The number of nitrogens with zero attached hydrogens (tertiary/aromatic N) is 3. The average Bonchev–Trinajstić information content (AvgIpc) is 3.37.